The van der Waals surface area contributed by atoms with Gasteiger partial charge in [0.15, 0.2) is 0 Å². The Balaban J connectivity index is 2.47. The Kier molecular flexibility index (Phi) is 6.13. The normalized spacial score (nSPS) is 13.7. The number of hydrogen-bond donors (Lipinski definition) is 0. The van der Waals surface area contributed by atoms with Gasteiger partial charge in [0.1, 0.15) is 0 Å². The summed E-state index contributed by atoms with van der Waals surface area (Å²) in [5.74, 6) is 0. The van der Waals surface area contributed by atoms with Crippen LogP contribution in [-0.2, 0) is 6.04 Å². The third-order valence-corrected chi connectivity index (χ3v) is 80.1. The molecule has 0 unspecified atom stereocenters. The molecule has 4 heteroatoms. The summed E-state index contributed by atoms with van der Waals surface area (Å²) in [5, 5.41) is 0. The van der Waals surface area contributed by atoms with Crippen molar-refractivity contribution in [1.82, 2.24) is 0 Å². The second kappa shape index (κ2) is 7.38. The van der Waals surface area contributed by atoms with Gasteiger partial charge < -0.3 is 0 Å². The Morgan fingerprint density at radius 2 is 0.885 bits per heavy atom. The van der Waals surface area contributed by atoms with E-state index in [1.165, 1.54) is 17.2 Å². The summed E-state index contributed by atoms with van der Waals surface area (Å²) in [6, 6.07) is 21.8. The summed E-state index contributed by atoms with van der Waals surface area (Å²) in [4.78, 5) is 0. The molecule has 0 saturated heterocycles. The van der Waals surface area contributed by atoms with Crippen LogP contribution in [-0.4, -0.2) is 29.4 Å². The predicted molar refractivity (Wildman–Crippen MR) is 131 cm³/mol. The summed E-state index contributed by atoms with van der Waals surface area (Å²) in [7, 11) is -3.62. The van der Waals surface area contributed by atoms with Gasteiger partial charge in [-0.1, -0.05) is 119 Å². The molecule has 0 nitrogen and oxygen atoms in total. The molecule has 0 N–H and O–H groups in total. The van der Waals surface area contributed by atoms with Crippen molar-refractivity contribution in [3.63, 3.8) is 0 Å². The van der Waals surface area contributed by atoms with E-state index in [9.17, 15) is 0 Å². The maximum absolute atomic E-state index is 2.69. The van der Waals surface area contributed by atoms with Gasteiger partial charge in [-0.3, -0.25) is 0 Å². The second-order valence-corrected chi connectivity index (χ2v) is 52.2. The molecule has 0 spiro atoms. The van der Waals surface area contributed by atoms with Gasteiger partial charge in [0.25, 0.3) is 0 Å². The maximum Gasteiger partial charge on any atom is 0.0420 e. The first-order valence-corrected chi connectivity index (χ1v) is 25.6. The topological polar surface area (TPSA) is 0 Å². The van der Waals surface area contributed by atoms with E-state index in [1.807, 2.05) is 0 Å². The summed E-state index contributed by atoms with van der Waals surface area (Å²) in [6.07, 6.45) is 0. The largest absolute Gasteiger partial charge is 0.0718 e. The SMILES string of the molecule is C[Si](C)(C)[Si](Cc1ccc(-c2ccccc2)cc1)([Si](C)(C)C)[Si](C)(C)C. The lowest BCUT2D eigenvalue weighted by molar-refractivity contribution is 1.36. The van der Waals surface area contributed by atoms with Crippen molar-refractivity contribution < 1.29 is 0 Å². The third kappa shape index (κ3) is 4.08. The molecule has 0 saturated carbocycles. The van der Waals surface area contributed by atoms with Gasteiger partial charge in [-0.15, -0.1) is 0 Å². The molecule has 0 aromatic heterocycles. The number of benzene rings is 2. The van der Waals surface area contributed by atoms with Gasteiger partial charge in [0, 0.05) is 29.4 Å². The van der Waals surface area contributed by atoms with Crippen molar-refractivity contribution in [1.29, 1.82) is 0 Å². The fourth-order valence-corrected chi connectivity index (χ4v) is 103. The highest BCUT2D eigenvalue weighted by Crippen LogP contribution is 2.39. The molecule has 142 valence electrons. The molecule has 0 fully saturated rings. The Hall–Kier alpha value is -0.692. The molecule has 0 amide bonds. The molecule has 0 radical (unpaired) electrons. The van der Waals surface area contributed by atoms with Gasteiger partial charge in [0.05, 0.1) is 0 Å². The van der Waals surface area contributed by atoms with Crippen LogP contribution in [0.1, 0.15) is 5.56 Å². The maximum atomic E-state index is 2.69. The van der Waals surface area contributed by atoms with Gasteiger partial charge >= 0.3 is 0 Å². The molecule has 0 aliphatic carbocycles. The van der Waals surface area contributed by atoms with Crippen LogP contribution in [0.4, 0.5) is 0 Å². The monoisotopic (exact) mass is 414 g/mol. The Bertz CT molecular complexity index is 678. The van der Waals surface area contributed by atoms with E-state index in [-0.39, 0.29) is 0 Å². The second-order valence-electron chi connectivity index (χ2n) is 10.9. The molecule has 0 atom stereocenters. The molecular formula is C22H38Si4. The van der Waals surface area contributed by atoms with Crippen molar-refractivity contribution in [3.05, 3.63) is 60.2 Å². The lowest BCUT2D eigenvalue weighted by Gasteiger charge is -2.57. The van der Waals surface area contributed by atoms with Gasteiger partial charge in [-0.25, -0.2) is 0 Å². The highest BCUT2D eigenvalue weighted by molar-refractivity contribution is 7.89. The van der Waals surface area contributed by atoms with Crippen LogP contribution >= 0.6 is 0 Å². The van der Waals surface area contributed by atoms with Crippen LogP contribution in [0, 0.1) is 0 Å². The van der Waals surface area contributed by atoms with Crippen molar-refractivity contribution in [2.75, 3.05) is 0 Å². The van der Waals surface area contributed by atoms with E-state index in [0.29, 0.717) is 0 Å². The fraction of sp³-hybridized carbons (Fsp3) is 0.455. The molecule has 2 aromatic carbocycles. The molecular weight excluding hydrogens is 377 g/mol. The van der Waals surface area contributed by atoms with Crippen LogP contribution in [0.25, 0.3) is 11.1 Å². The Morgan fingerprint density at radius 3 is 1.27 bits per heavy atom. The van der Waals surface area contributed by atoms with Crippen LogP contribution in [0.15, 0.2) is 54.6 Å². The average Bonchev–Trinajstić information content (AvgIpc) is 2.50. The van der Waals surface area contributed by atoms with E-state index in [0.717, 1.165) is 0 Å². The van der Waals surface area contributed by atoms with E-state index in [4.69, 9.17) is 0 Å². The minimum atomic E-state index is -1.32. The lowest BCUT2D eigenvalue weighted by Crippen LogP contribution is -2.84. The average molecular weight is 415 g/mol. The lowest BCUT2D eigenvalue weighted by atomic mass is 10.0. The van der Waals surface area contributed by atoms with Crippen LogP contribution in [0.2, 0.25) is 58.9 Å². The van der Waals surface area contributed by atoms with Crippen LogP contribution in [0.3, 0.4) is 0 Å². The van der Waals surface area contributed by atoms with Gasteiger partial charge in [0.2, 0.25) is 0 Å². The first kappa shape index (κ1) is 21.6. The third-order valence-electron chi connectivity index (χ3n) is 6.37. The van der Waals surface area contributed by atoms with Gasteiger partial charge in [-0.2, -0.15) is 0 Å². The molecule has 2 rings (SSSR count). The first-order valence-electron chi connectivity index (χ1n) is 9.94. The van der Waals surface area contributed by atoms with Crippen molar-refractivity contribution >= 4 is 29.4 Å². The summed E-state index contributed by atoms with van der Waals surface area (Å²) in [6.45, 7) is 22.9. The van der Waals surface area contributed by atoms with E-state index < -0.39 is 29.4 Å². The van der Waals surface area contributed by atoms with E-state index in [1.54, 1.807) is 5.56 Å². The molecule has 2 aromatic rings. The van der Waals surface area contributed by atoms with Crippen LogP contribution < -0.4 is 0 Å². The quantitative estimate of drug-likeness (QED) is 0.441. The number of rotatable bonds is 6. The molecule has 26 heavy (non-hydrogen) atoms. The standard InChI is InChI=1S/C22H38Si4/c1-23(2,3)26(24(4,5)6,25(7,8)9)19-20-15-17-22(18-16-20)21-13-11-10-12-14-21/h10-18H,19H2,1-9H3. The van der Waals surface area contributed by atoms with E-state index >= 15 is 0 Å². The fourth-order valence-electron chi connectivity index (χ4n) is 5.92. The molecule has 0 bridgehead atoms. The van der Waals surface area contributed by atoms with Gasteiger partial charge in [-0.05, 0) is 17.2 Å². The van der Waals surface area contributed by atoms with Crippen molar-refractivity contribution in [2.45, 2.75) is 65.0 Å². The summed E-state index contributed by atoms with van der Waals surface area (Å²) >= 11 is 0. The molecule has 0 aliphatic rings. The summed E-state index contributed by atoms with van der Waals surface area (Å²) < 4.78 is 0. The zero-order chi connectivity index (χ0) is 19.8. The smallest absolute Gasteiger partial charge is 0.0420 e. The Morgan fingerprint density at radius 1 is 0.500 bits per heavy atom. The minimum Gasteiger partial charge on any atom is -0.0718 e. The van der Waals surface area contributed by atoms with E-state index in [2.05, 4.69) is 114 Å². The minimum absolute atomic E-state index is 1.21. The Labute approximate surface area is 165 Å². The number of hydrogen-bond acceptors (Lipinski definition) is 0. The van der Waals surface area contributed by atoms with Crippen LogP contribution in [0.5, 0.6) is 0 Å². The zero-order valence-electron chi connectivity index (χ0n) is 18.4. The first-order chi connectivity index (χ1) is 11.8. The van der Waals surface area contributed by atoms with Crippen molar-refractivity contribution in [3.8, 4) is 11.1 Å². The molecule has 0 aliphatic heterocycles. The summed E-state index contributed by atoms with van der Waals surface area (Å²) in [5.41, 5.74) is 4.27. The predicted octanol–water partition coefficient (Wildman–Crippen LogP) is 7.13. The zero-order valence-corrected chi connectivity index (χ0v) is 22.4. The molecule has 0 heterocycles. The van der Waals surface area contributed by atoms with Crippen molar-refractivity contribution in [2.24, 2.45) is 0 Å². The highest BCUT2D eigenvalue weighted by Gasteiger charge is 2.60. The highest BCUT2D eigenvalue weighted by atomic mass is 29.9.